The minimum atomic E-state index is 0.144. The van der Waals surface area contributed by atoms with Crippen molar-refractivity contribution in [2.24, 2.45) is 0 Å². The van der Waals surface area contributed by atoms with Crippen LogP contribution in [0.15, 0.2) is 18.3 Å². The smallest absolute Gasteiger partial charge is 0.221 e. The summed E-state index contributed by atoms with van der Waals surface area (Å²) < 4.78 is 21.8. The molecule has 1 fully saturated rings. The Labute approximate surface area is 139 Å². The van der Waals surface area contributed by atoms with E-state index in [1.54, 1.807) is 20.4 Å². The molecule has 3 rings (SSSR count). The van der Waals surface area contributed by atoms with E-state index in [1.807, 2.05) is 12.1 Å². The van der Waals surface area contributed by atoms with Gasteiger partial charge in [-0.15, -0.1) is 0 Å². The molecular formula is C16H20N4O4. The topological polar surface area (TPSA) is 118 Å². The first kappa shape index (κ1) is 16.1. The molecule has 0 amide bonds. The van der Waals surface area contributed by atoms with E-state index in [9.17, 15) is 0 Å². The summed E-state index contributed by atoms with van der Waals surface area (Å²) in [7, 11) is 3.17. The van der Waals surface area contributed by atoms with Crippen LogP contribution in [0.25, 0.3) is 0 Å². The number of nitrogens with zero attached hydrogens (tertiary/aromatic N) is 2. The molecule has 0 spiro atoms. The van der Waals surface area contributed by atoms with E-state index >= 15 is 0 Å². The summed E-state index contributed by atoms with van der Waals surface area (Å²) in [5.74, 6) is 2.23. The van der Waals surface area contributed by atoms with Gasteiger partial charge in [-0.2, -0.15) is 4.98 Å². The second-order valence-electron chi connectivity index (χ2n) is 5.41. The number of hydrogen-bond donors (Lipinski definition) is 2. The highest BCUT2D eigenvalue weighted by atomic mass is 16.6. The molecule has 1 aliphatic rings. The van der Waals surface area contributed by atoms with Crippen LogP contribution in [0.4, 0.5) is 11.8 Å². The standard InChI is InChI=1S/C16H20N4O4/c1-21-12-4-9(3-10-6-19-16(18)20-15(10)17)5-13(22-2)14(12)24-8-11-7-23-11/h4-6,11H,3,7-8H2,1-2H3,(H4,17,18,19,20). The number of ether oxygens (including phenoxy) is 4. The Morgan fingerprint density at radius 3 is 2.42 bits per heavy atom. The van der Waals surface area contributed by atoms with Gasteiger partial charge in [-0.05, 0) is 17.7 Å². The third kappa shape index (κ3) is 3.60. The highest BCUT2D eigenvalue weighted by Gasteiger charge is 2.25. The van der Waals surface area contributed by atoms with Gasteiger partial charge in [-0.25, -0.2) is 4.98 Å². The van der Waals surface area contributed by atoms with Gasteiger partial charge < -0.3 is 30.4 Å². The fourth-order valence-electron chi connectivity index (χ4n) is 2.31. The normalized spacial score (nSPS) is 15.8. The van der Waals surface area contributed by atoms with Crippen molar-refractivity contribution < 1.29 is 18.9 Å². The van der Waals surface area contributed by atoms with E-state index in [2.05, 4.69) is 9.97 Å². The molecule has 128 valence electrons. The molecule has 2 heterocycles. The van der Waals surface area contributed by atoms with Crippen LogP contribution < -0.4 is 25.7 Å². The maximum atomic E-state index is 5.90. The SMILES string of the molecule is COc1cc(Cc2cnc(N)nc2N)cc(OC)c1OCC1CO1. The molecule has 8 heteroatoms. The Morgan fingerprint density at radius 1 is 1.21 bits per heavy atom. The number of benzene rings is 1. The summed E-state index contributed by atoms with van der Waals surface area (Å²) in [4.78, 5) is 7.95. The van der Waals surface area contributed by atoms with Gasteiger partial charge >= 0.3 is 0 Å². The number of hydrogen-bond acceptors (Lipinski definition) is 8. The lowest BCUT2D eigenvalue weighted by Crippen LogP contribution is -2.07. The fraction of sp³-hybridized carbons (Fsp3) is 0.375. The lowest BCUT2D eigenvalue weighted by atomic mass is 10.1. The Kier molecular flexibility index (Phi) is 4.57. The van der Waals surface area contributed by atoms with E-state index in [1.165, 1.54) is 0 Å². The van der Waals surface area contributed by atoms with Crippen LogP contribution in [0, 0.1) is 0 Å². The summed E-state index contributed by atoms with van der Waals surface area (Å²) in [6, 6.07) is 3.75. The van der Waals surface area contributed by atoms with Crippen molar-refractivity contribution in [1.29, 1.82) is 0 Å². The van der Waals surface area contributed by atoms with Crippen LogP contribution >= 0.6 is 0 Å². The molecule has 0 aliphatic carbocycles. The first-order chi connectivity index (χ1) is 11.6. The van der Waals surface area contributed by atoms with Crippen molar-refractivity contribution in [3.05, 3.63) is 29.5 Å². The Morgan fingerprint density at radius 2 is 1.88 bits per heavy atom. The van der Waals surface area contributed by atoms with Crippen LogP contribution in [0.1, 0.15) is 11.1 Å². The van der Waals surface area contributed by atoms with Gasteiger partial charge in [0.2, 0.25) is 11.7 Å². The molecule has 2 aromatic rings. The van der Waals surface area contributed by atoms with Crippen molar-refractivity contribution >= 4 is 11.8 Å². The summed E-state index contributed by atoms with van der Waals surface area (Å²) in [6.45, 7) is 1.18. The third-order valence-electron chi connectivity index (χ3n) is 3.65. The highest BCUT2D eigenvalue weighted by Crippen LogP contribution is 2.39. The van der Waals surface area contributed by atoms with Crippen LogP contribution in [0.5, 0.6) is 17.2 Å². The van der Waals surface area contributed by atoms with Gasteiger partial charge in [-0.1, -0.05) is 0 Å². The quantitative estimate of drug-likeness (QED) is 0.722. The predicted molar refractivity (Wildman–Crippen MR) is 88.4 cm³/mol. The second kappa shape index (κ2) is 6.79. The third-order valence-corrected chi connectivity index (χ3v) is 3.65. The second-order valence-corrected chi connectivity index (χ2v) is 5.41. The Hall–Kier alpha value is -2.74. The van der Waals surface area contributed by atoms with E-state index in [0.29, 0.717) is 36.1 Å². The number of epoxide rings is 1. The number of rotatable bonds is 7. The molecule has 4 N–H and O–H groups in total. The number of nitrogens with two attached hydrogens (primary N) is 2. The molecule has 1 unspecified atom stereocenters. The highest BCUT2D eigenvalue weighted by molar-refractivity contribution is 5.55. The molecule has 0 saturated carbocycles. The molecule has 1 aromatic carbocycles. The zero-order valence-corrected chi connectivity index (χ0v) is 13.6. The summed E-state index contributed by atoms with van der Waals surface area (Å²) in [6.07, 6.45) is 2.28. The number of anilines is 2. The zero-order valence-electron chi connectivity index (χ0n) is 13.6. The van der Waals surface area contributed by atoms with Crippen molar-refractivity contribution in [2.75, 3.05) is 38.9 Å². The van der Waals surface area contributed by atoms with Gasteiger partial charge in [0.15, 0.2) is 11.5 Å². The van der Waals surface area contributed by atoms with Crippen molar-refractivity contribution in [2.45, 2.75) is 12.5 Å². The number of nitrogen functional groups attached to an aromatic ring is 2. The van der Waals surface area contributed by atoms with Gasteiger partial charge in [0, 0.05) is 18.2 Å². The van der Waals surface area contributed by atoms with Crippen molar-refractivity contribution in [1.82, 2.24) is 9.97 Å². The van der Waals surface area contributed by atoms with E-state index < -0.39 is 0 Å². The number of methoxy groups -OCH3 is 2. The minimum absolute atomic E-state index is 0.144. The van der Waals surface area contributed by atoms with Gasteiger partial charge in [0.1, 0.15) is 18.5 Å². The van der Waals surface area contributed by atoms with Crippen LogP contribution in [-0.4, -0.2) is 43.5 Å². The summed E-state index contributed by atoms with van der Waals surface area (Å²) >= 11 is 0. The van der Waals surface area contributed by atoms with E-state index in [4.69, 9.17) is 30.4 Å². The molecular weight excluding hydrogens is 312 g/mol. The zero-order chi connectivity index (χ0) is 17.1. The summed E-state index contributed by atoms with van der Waals surface area (Å²) in [5.41, 5.74) is 13.1. The lowest BCUT2D eigenvalue weighted by molar-refractivity contribution is 0.240. The molecule has 1 atom stereocenters. The molecule has 0 bridgehead atoms. The van der Waals surface area contributed by atoms with Gasteiger partial charge in [0.05, 0.1) is 20.8 Å². The van der Waals surface area contributed by atoms with Gasteiger partial charge in [-0.3, -0.25) is 0 Å². The van der Waals surface area contributed by atoms with Crippen LogP contribution in [0.3, 0.4) is 0 Å². The minimum Gasteiger partial charge on any atom is -0.493 e. The maximum Gasteiger partial charge on any atom is 0.221 e. The molecule has 0 radical (unpaired) electrons. The molecule has 1 saturated heterocycles. The largest absolute Gasteiger partial charge is 0.493 e. The average Bonchev–Trinajstić information content (AvgIpc) is 3.39. The van der Waals surface area contributed by atoms with Crippen molar-refractivity contribution in [3.63, 3.8) is 0 Å². The molecule has 1 aromatic heterocycles. The van der Waals surface area contributed by atoms with Crippen LogP contribution in [-0.2, 0) is 11.2 Å². The number of aromatic nitrogens is 2. The fourth-order valence-corrected chi connectivity index (χ4v) is 2.31. The summed E-state index contributed by atoms with van der Waals surface area (Å²) in [5, 5.41) is 0. The predicted octanol–water partition coefficient (Wildman–Crippen LogP) is 1.03. The molecule has 1 aliphatic heterocycles. The van der Waals surface area contributed by atoms with E-state index in [0.717, 1.165) is 17.7 Å². The van der Waals surface area contributed by atoms with E-state index in [-0.39, 0.29) is 12.1 Å². The molecule has 24 heavy (non-hydrogen) atoms. The van der Waals surface area contributed by atoms with Gasteiger partial charge in [0.25, 0.3) is 0 Å². The average molecular weight is 332 g/mol. The Bertz CT molecular complexity index is 709. The van der Waals surface area contributed by atoms with Crippen molar-refractivity contribution in [3.8, 4) is 17.2 Å². The lowest BCUT2D eigenvalue weighted by Gasteiger charge is -2.16. The van der Waals surface area contributed by atoms with Crippen LogP contribution in [0.2, 0.25) is 0 Å². The first-order valence-electron chi connectivity index (χ1n) is 7.47. The monoisotopic (exact) mass is 332 g/mol. The first-order valence-corrected chi connectivity index (χ1v) is 7.47. The Balaban J connectivity index is 1.87. The maximum absolute atomic E-state index is 5.90. The molecule has 8 nitrogen and oxygen atoms in total.